The lowest BCUT2D eigenvalue weighted by molar-refractivity contribution is 0.872. The Bertz CT molecular complexity index is 496. The van der Waals surface area contributed by atoms with Crippen molar-refractivity contribution in [3.05, 3.63) is 34.3 Å². The number of aromatic nitrogens is 2. The second-order valence-corrected chi connectivity index (χ2v) is 4.92. The molecule has 0 saturated carbocycles. The van der Waals surface area contributed by atoms with Gasteiger partial charge in [0.25, 0.3) is 0 Å². The first-order chi connectivity index (χ1) is 8.69. The fourth-order valence-corrected chi connectivity index (χ4v) is 2.49. The molecule has 2 aromatic rings. The summed E-state index contributed by atoms with van der Waals surface area (Å²) < 4.78 is 0. The number of aryl methyl sites for hydroxylation is 1. The maximum absolute atomic E-state index is 4.41. The van der Waals surface area contributed by atoms with Crippen LogP contribution in [0.15, 0.2) is 22.9 Å². The second kappa shape index (κ2) is 5.82. The molecule has 5 heteroatoms. The molecule has 1 unspecified atom stereocenters. The summed E-state index contributed by atoms with van der Waals surface area (Å²) in [7, 11) is 0. The van der Waals surface area contributed by atoms with E-state index in [0.29, 0.717) is 0 Å². The van der Waals surface area contributed by atoms with Crippen LogP contribution < -0.4 is 10.6 Å². The summed E-state index contributed by atoms with van der Waals surface area (Å²) in [5.74, 6) is 2.50. The number of thiophene rings is 1. The molecule has 18 heavy (non-hydrogen) atoms. The van der Waals surface area contributed by atoms with Gasteiger partial charge in [0.1, 0.15) is 17.5 Å². The maximum atomic E-state index is 4.41. The average Bonchev–Trinajstić information content (AvgIpc) is 2.81. The number of anilines is 2. The predicted molar refractivity (Wildman–Crippen MR) is 77.3 cm³/mol. The quantitative estimate of drug-likeness (QED) is 0.866. The summed E-state index contributed by atoms with van der Waals surface area (Å²) in [6, 6.07) is 4.32. The Morgan fingerprint density at radius 2 is 2.11 bits per heavy atom. The molecule has 0 amide bonds. The van der Waals surface area contributed by atoms with E-state index in [1.54, 1.807) is 11.3 Å². The lowest BCUT2D eigenvalue weighted by Gasteiger charge is -2.14. The molecule has 0 radical (unpaired) electrons. The van der Waals surface area contributed by atoms with E-state index in [2.05, 4.69) is 51.3 Å². The maximum Gasteiger partial charge on any atom is 0.132 e. The van der Waals surface area contributed by atoms with Crippen LogP contribution in [0.5, 0.6) is 0 Å². The zero-order valence-corrected chi connectivity index (χ0v) is 11.7. The van der Waals surface area contributed by atoms with Gasteiger partial charge in [-0.25, -0.2) is 9.97 Å². The predicted octanol–water partition coefficient (Wildman–Crippen LogP) is 3.45. The van der Waals surface area contributed by atoms with Crippen molar-refractivity contribution in [1.82, 2.24) is 9.97 Å². The Balaban J connectivity index is 2.13. The third kappa shape index (κ3) is 3.20. The highest BCUT2D eigenvalue weighted by molar-refractivity contribution is 7.07. The SMILES string of the molecule is CCNc1cc(NC(C)c2ccsc2)nc(C)n1. The molecule has 0 aliphatic carbocycles. The standard InChI is InChI=1S/C13H18N4S/c1-4-14-12-7-13(17-10(3)16-12)15-9(2)11-5-6-18-8-11/h5-9H,4H2,1-3H3,(H2,14,15,16,17). The molecule has 0 saturated heterocycles. The molecule has 0 aromatic carbocycles. The molecule has 0 bridgehead atoms. The van der Waals surface area contributed by atoms with Crippen molar-refractivity contribution in [3.63, 3.8) is 0 Å². The zero-order valence-electron chi connectivity index (χ0n) is 10.9. The number of hydrogen-bond donors (Lipinski definition) is 2. The number of hydrogen-bond acceptors (Lipinski definition) is 5. The molecule has 2 aromatic heterocycles. The van der Waals surface area contributed by atoms with Gasteiger partial charge in [-0.05, 0) is 43.2 Å². The van der Waals surface area contributed by atoms with Crippen LogP contribution in [0.25, 0.3) is 0 Å². The highest BCUT2D eigenvalue weighted by Gasteiger charge is 2.08. The van der Waals surface area contributed by atoms with E-state index >= 15 is 0 Å². The van der Waals surface area contributed by atoms with Crippen LogP contribution in [0.1, 0.15) is 31.3 Å². The Hall–Kier alpha value is -1.62. The Labute approximate surface area is 111 Å². The molecule has 0 aliphatic heterocycles. The third-order valence-electron chi connectivity index (χ3n) is 2.60. The summed E-state index contributed by atoms with van der Waals surface area (Å²) >= 11 is 1.71. The van der Waals surface area contributed by atoms with Gasteiger partial charge in [-0.15, -0.1) is 0 Å². The topological polar surface area (TPSA) is 49.8 Å². The molecular weight excluding hydrogens is 244 g/mol. The Morgan fingerprint density at radius 3 is 2.78 bits per heavy atom. The monoisotopic (exact) mass is 262 g/mol. The molecule has 2 heterocycles. The van der Waals surface area contributed by atoms with Crippen molar-refractivity contribution in [2.45, 2.75) is 26.8 Å². The fourth-order valence-electron chi connectivity index (χ4n) is 1.74. The van der Waals surface area contributed by atoms with Crippen molar-refractivity contribution in [1.29, 1.82) is 0 Å². The molecule has 0 fully saturated rings. The van der Waals surface area contributed by atoms with Gasteiger partial charge >= 0.3 is 0 Å². The summed E-state index contributed by atoms with van der Waals surface area (Å²) in [4.78, 5) is 8.74. The minimum absolute atomic E-state index is 0.250. The largest absolute Gasteiger partial charge is 0.370 e. The van der Waals surface area contributed by atoms with E-state index in [-0.39, 0.29) is 6.04 Å². The van der Waals surface area contributed by atoms with Crippen LogP contribution >= 0.6 is 11.3 Å². The van der Waals surface area contributed by atoms with Gasteiger partial charge in [0, 0.05) is 12.6 Å². The zero-order chi connectivity index (χ0) is 13.0. The van der Waals surface area contributed by atoms with Crippen molar-refractivity contribution in [3.8, 4) is 0 Å². The molecular formula is C13H18N4S. The van der Waals surface area contributed by atoms with Crippen molar-refractivity contribution >= 4 is 23.0 Å². The smallest absolute Gasteiger partial charge is 0.132 e. The minimum Gasteiger partial charge on any atom is -0.370 e. The Morgan fingerprint density at radius 1 is 1.33 bits per heavy atom. The van der Waals surface area contributed by atoms with Crippen molar-refractivity contribution in [2.75, 3.05) is 17.2 Å². The highest BCUT2D eigenvalue weighted by Crippen LogP contribution is 2.21. The lowest BCUT2D eigenvalue weighted by Crippen LogP contribution is -2.09. The van der Waals surface area contributed by atoms with E-state index in [0.717, 1.165) is 24.0 Å². The van der Waals surface area contributed by atoms with Crippen LogP contribution in [0.2, 0.25) is 0 Å². The van der Waals surface area contributed by atoms with Crippen LogP contribution in [-0.4, -0.2) is 16.5 Å². The van der Waals surface area contributed by atoms with Gasteiger partial charge in [0.05, 0.1) is 6.04 Å². The molecule has 0 aliphatic rings. The van der Waals surface area contributed by atoms with Gasteiger partial charge in [-0.1, -0.05) is 0 Å². The normalized spacial score (nSPS) is 12.2. The van der Waals surface area contributed by atoms with Crippen LogP contribution in [0, 0.1) is 6.92 Å². The van der Waals surface area contributed by atoms with Crippen LogP contribution in [0.3, 0.4) is 0 Å². The van der Waals surface area contributed by atoms with Crippen LogP contribution in [0.4, 0.5) is 11.6 Å². The molecule has 96 valence electrons. The van der Waals surface area contributed by atoms with E-state index < -0.39 is 0 Å². The molecule has 0 spiro atoms. The molecule has 2 N–H and O–H groups in total. The van der Waals surface area contributed by atoms with Crippen molar-refractivity contribution in [2.24, 2.45) is 0 Å². The first-order valence-corrected chi connectivity index (χ1v) is 7.01. The lowest BCUT2D eigenvalue weighted by atomic mass is 10.2. The number of rotatable bonds is 5. The van der Waals surface area contributed by atoms with Crippen molar-refractivity contribution < 1.29 is 0 Å². The van der Waals surface area contributed by atoms with Gasteiger partial charge in [0.15, 0.2) is 0 Å². The first kappa shape index (κ1) is 12.8. The summed E-state index contributed by atoms with van der Waals surface area (Å²) in [6.07, 6.45) is 0. The van der Waals surface area contributed by atoms with E-state index in [9.17, 15) is 0 Å². The fraction of sp³-hybridized carbons (Fsp3) is 0.385. The van der Waals surface area contributed by atoms with Crippen LogP contribution in [-0.2, 0) is 0 Å². The first-order valence-electron chi connectivity index (χ1n) is 6.07. The van der Waals surface area contributed by atoms with E-state index in [4.69, 9.17) is 0 Å². The van der Waals surface area contributed by atoms with Gasteiger partial charge < -0.3 is 10.6 Å². The average molecular weight is 262 g/mol. The summed E-state index contributed by atoms with van der Waals surface area (Å²) in [5, 5.41) is 10.8. The third-order valence-corrected chi connectivity index (χ3v) is 3.30. The minimum atomic E-state index is 0.250. The van der Waals surface area contributed by atoms with Gasteiger partial charge in [0.2, 0.25) is 0 Å². The summed E-state index contributed by atoms with van der Waals surface area (Å²) in [6.45, 7) is 6.95. The van der Waals surface area contributed by atoms with Gasteiger partial charge in [-0.2, -0.15) is 11.3 Å². The molecule has 1 atom stereocenters. The van der Waals surface area contributed by atoms with E-state index in [1.165, 1.54) is 5.56 Å². The Kier molecular flexibility index (Phi) is 4.15. The van der Waals surface area contributed by atoms with E-state index in [1.807, 2.05) is 13.0 Å². The summed E-state index contributed by atoms with van der Waals surface area (Å²) in [5.41, 5.74) is 1.28. The molecule has 2 rings (SSSR count). The molecule has 4 nitrogen and oxygen atoms in total. The van der Waals surface area contributed by atoms with Gasteiger partial charge in [-0.3, -0.25) is 0 Å². The number of nitrogens with one attached hydrogen (secondary N) is 2. The highest BCUT2D eigenvalue weighted by atomic mass is 32.1. The second-order valence-electron chi connectivity index (χ2n) is 4.14. The number of nitrogens with zero attached hydrogens (tertiary/aromatic N) is 2.